The summed E-state index contributed by atoms with van der Waals surface area (Å²) in [6.07, 6.45) is 2.51. The third-order valence-electron chi connectivity index (χ3n) is 9.84. The van der Waals surface area contributed by atoms with Crippen LogP contribution in [0.15, 0.2) is 58.5 Å². The van der Waals surface area contributed by atoms with Crippen LogP contribution in [0.2, 0.25) is 0 Å². The van der Waals surface area contributed by atoms with Crippen molar-refractivity contribution in [1.82, 2.24) is 20.4 Å². The van der Waals surface area contributed by atoms with Crippen LogP contribution in [0, 0.1) is 5.41 Å². The zero-order valence-corrected chi connectivity index (χ0v) is 25.1. The molecule has 4 amide bonds. The number of aliphatic imine (C=N–C) groups is 2. The predicted molar refractivity (Wildman–Crippen MR) is 165 cm³/mol. The van der Waals surface area contributed by atoms with Gasteiger partial charge in [-0.2, -0.15) is 0 Å². The highest BCUT2D eigenvalue weighted by Crippen LogP contribution is 2.45. The number of urea groups is 1. The Kier molecular flexibility index (Phi) is 6.39. The van der Waals surface area contributed by atoms with Crippen molar-refractivity contribution >= 4 is 35.5 Å². The molecule has 4 atom stereocenters. The molecular formula is C31H37N9O5. The fourth-order valence-corrected chi connectivity index (χ4v) is 7.56. The summed E-state index contributed by atoms with van der Waals surface area (Å²) in [5.41, 5.74) is 14.0. The van der Waals surface area contributed by atoms with Crippen molar-refractivity contribution in [2.24, 2.45) is 26.9 Å². The highest BCUT2D eigenvalue weighted by molar-refractivity contribution is 6.12. The summed E-state index contributed by atoms with van der Waals surface area (Å²) in [5, 5.41) is 29.5. The Morgan fingerprint density at radius 3 is 2.60 bits per heavy atom. The molecule has 0 bridgehead atoms. The lowest BCUT2D eigenvalue weighted by Gasteiger charge is -2.49. The van der Waals surface area contributed by atoms with Gasteiger partial charge in [-0.05, 0) is 54.0 Å². The molecule has 4 heterocycles. The Bertz CT molecular complexity index is 1660. The van der Waals surface area contributed by atoms with Crippen LogP contribution in [-0.4, -0.2) is 99.0 Å². The number of anilines is 1. The van der Waals surface area contributed by atoms with Gasteiger partial charge in [0, 0.05) is 17.8 Å². The second-order valence-electron chi connectivity index (χ2n) is 13.3. The van der Waals surface area contributed by atoms with Crippen molar-refractivity contribution < 1.29 is 24.6 Å². The summed E-state index contributed by atoms with van der Waals surface area (Å²) >= 11 is 0. The molecular weight excluding hydrogens is 578 g/mol. The van der Waals surface area contributed by atoms with E-state index in [1.807, 2.05) is 18.2 Å². The zero-order valence-electron chi connectivity index (χ0n) is 25.1. The summed E-state index contributed by atoms with van der Waals surface area (Å²) < 4.78 is 0. The van der Waals surface area contributed by atoms with Gasteiger partial charge in [0.25, 0.3) is 11.8 Å². The van der Waals surface area contributed by atoms with Gasteiger partial charge in [0.15, 0.2) is 17.6 Å². The SMILES string of the molecule is CC1(C)CCc2c(cccc2C(=O)NC2CN3C(N)=N[C@@H](CN4C(=O)CN(c5ccccc5)C4=O)[C@@H]4N=C(N)NC43C2(O)O)C1. The smallest absolute Gasteiger partial charge is 0.331 e. The van der Waals surface area contributed by atoms with E-state index in [4.69, 9.17) is 11.5 Å². The second kappa shape index (κ2) is 9.91. The molecule has 2 saturated heterocycles. The van der Waals surface area contributed by atoms with E-state index in [-0.39, 0.29) is 37.0 Å². The Balaban J connectivity index is 1.16. The average Bonchev–Trinajstić information content (AvgIpc) is 3.57. The zero-order chi connectivity index (χ0) is 31.9. The number of fused-ring (bicyclic) bond motifs is 1. The maximum atomic E-state index is 13.7. The summed E-state index contributed by atoms with van der Waals surface area (Å²) in [7, 11) is 0. The number of amides is 4. The molecule has 2 aromatic carbocycles. The van der Waals surface area contributed by atoms with E-state index in [9.17, 15) is 24.6 Å². The van der Waals surface area contributed by atoms with Crippen LogP contribution in [0.5, 0.6) is 0 Å². The molecule has 2 fully saturated rings. The fourth-order valence-electron chi connectivity index (χ4n) is 7.56. The highest BCUT2D eigenvalue weighted by atomic mass is 16.5. The number of para-hydroxylation sites is 1. The van der Waals surface area contributed by atoms with Gasteiger partial charge in [-0.15, -0.1) is 0 Å². The number of nitrogens with zero attached hydrogens (tertiary/aromatic N) is 5. The summed E-state index contributed by atoms with van der Waals surface area (Å²) in [6.45, 7) is 3.92. The first kappa shape index (κ1) is 29.0. The number of hydrogen-bond acceptors (Lipinski definition) is 11. The van der Waals surface area contributed by atoms with Crippen molar-refractivity contribution in [2.45, 2.75) is 62.7 Å². The van der Waals surface area contributed by atoms with E-state index >= 15 is 0 Å². The summed E-state index contributed by atoms with van der Waals surface area (Å²) in [4.78, 5) is 52.9. The van der Waals surface area contributed by atoms with Crippen molar-refractivity contribution in [2.75, 3.05) is 24.5 Å². The predicted octanol–water partition coefficient (Wildman–Crippen LogP) is -0.555. The molecule has 0 saturated carbocycles. The van der Waals surface area contributed by atoms with Gasteiger partial charge >= 0.3 is 6.03 Å². The number of carbonyl (C=O) groups excluding carboxylic acids is 3. The Labute approximate surface area is 259 Å². The average molecular weight is 616 g/mol. The number of carbonyl (C=O) groups is 3. The minimum absolute atomic E-state index is 0.0730. The largest absolute Gasteiger partial charge is 0.370 e. The van der Waals surface area contributed by atoms with Gasteiger partial charge < -0.3 is 37.2 Å². The van der Waals surface area contributed by atoms with Crippen LogP contribution in [0.4, 0.5) is 10.5 Å². The van der Waals surface area contributed by atoms with Gasteiger partial charge in [0.1, 0.15) is 18.6 Å². The van der Waals surface area contributed by atoms with E-state index in [0.29, 0.717) is 11.3 Å². The van der Waals surface area contributed by atoms with Crippen molar-refractivity contribution in [3.05, 3.63) is 65.2 Å². The number of rotatable bonds is 5. The first-order chi connectivity index (χ1) is 21.3. The van der Waals surface area contributed by atoms with Crippen LogP contribution >= 0.6 is 0 Å². The first-order valence-electron chi connectivity index (χ1n) is 15.1. The maximum Gasteiger partial charge on any atom is 0.331 e. The second-order valence-corrected chi connectivity index (χ2v) is 13.3. The standard InChI is InChI=1S/C31H37N9O5/c1-29(2)12-11-19-17(13-29)7-6-10-20(19)25(42)35-22-15-40-27(33)34-21(24-30(40,31(22,44)45)37-26(32)36-24)14-39-23(41)16-38(28(39)43)18-8-4-3-5-9-18/h3-10,21-22,24,44-45H,11-16H2,1-2H3,(H2,33,34)(H,35,42)(H3,32,36,37)/t21-,22?,24-,30?/m0/s1. The van der Waals surface area contributed by atoms with E-state index in [1.165, 1.54) is 9.80 Å². The van der Waals surface area contributed by atoms with Gasteiger partial charge in [-0.1, -0.05) is 44.2 Å². The van der Waals surface area contributed by atoms with Crippen LogP contribution < -0.4 is 27.0 Å². The molecule has 4 aliphatic heterocycles. The molecule has 5 aliphatic rings. The number of imide groups is 1. The van der Waals surface area contributed by atoms with E-state index < -0.39 is 47.4 Å². The van der Waals surface area contributed by atoms with Crippen LogP contribution in [0.25, 0.3) is 0 Å². The van der Waals surface area contributed by atoms with Crippen molar-refractivity contribution in [1.29, 1.82) is 0 Å². The lowest BCUT2D eigenvalue weighted by atomic mass is 9.73. The Hall–Kier alpha value is -4.69. The quantitative estimate of drug-likeness (QED) is 0.188. The number of benzene rings is 2. The number of nitrogens with two attached hydrogens (primary N) is 2. The van der Waals surface area contributed by atoms with Crippen LogP contribution in [0.3, 0.4) is 0 Å². The number of hydrogen-bond donors (Lipinski definition) is 6. The van der Waals surface area contributed by atoms with Crippen molar-refractivity contribution in [3.63, 3.8) is 0 Å². The molecule has 7 rings (SSSR count). The molecule has 0 radical (unpaired) electrons. The molecule has 2 aromatic rings. The number of guanidine groups is 2. The van der Waals surface area contributed by atoms with Crippen LogP contribution in [-0.2, 0) is 17.6 Å². The Morgan fingerprint density at radius 1 is 1.09 bits per heavy atom. The summed E-state index contributed by atoms with van der Waals surface area (Å²) in [6, 6.07) is 10.6. The maximum absolute atomic E-state index is 13.7. The number of nitrogens with one attached hydrogen (secondary N) is 2. The van der Waals surface area contributed by atoms with Gasteiger partial charge in [0.05, 0.1) is 12.6 Å². The Morgan fingerprint density at radius 2 is 1.84 bits per heavy atom. The molecule has 1 aliphatic carbocycles. The highest BCUT2D eigenvalue weighted by Gasteiger charge is 2.73. The number of aliphatic hydroxyl groups is 2. The monoisotopic (exact) mass is 615 g/mol. The fraction of sp³-hybridized carbons (Fsp3) is 0.452. The van der Waals surface area contributed by atoms with Gasteiger partial charge in [-0.3, -0.25) is 19.4 Å². The van der Waals surface area contributed by atoms with Gasteiger partial charge in [-0.25, -0.2) is 14.8 Å². The molecule has 14 heteroatoms. The third kappa shape index (κ3) is 4.34. The third-order valence-corrected chi connectivity index (χ3v) is 9.84. The lowest BCUT2D eigenvalue weighted by Crippen LogP contribution is -2.78. The lowest BCUT2D eigenvalue weighted by molar-refractivity contribution is -0.230. The molecule has 2 unspecified atom stereocenters. The molecule has 1 spiro atoms. The molecule has 14 nitrogen and oxygen atoms in total. The van der Waals surface area contributed by atoms with Crippen LogP contribution in [0.1, 0.15) is 41.8 Å². The minimum Gasteiger partial charge on any atom is -0.370 e. The van der Waals surface area contributed by atoms with Crippen molar-refractivity contribution in [3.8, 4) is 0 Å². The topological polar surface area (TPSA) is 202 Å². The van der Waals surface area contributed by atoms with E-state index in [1.54, 1.807) is 30.3 Å². The van der Waals surface area contributed by atoms with Gasteiger partial charge in [0.2, 0.25) is 5.79 Å². The summed E-state index contributed by atoms with van der Waals surface area (Å²) in [5.74, 6) is -3.70. The first-order valence-corrected chi connectivity index (χ1v) is 15.1. The van der Waals surface area contributed by atoms with E-state index in [2.05, 4.69) is 34.5 Å². The minimum atomic E-state index is -2.65. The molecule has 236 valence electrons. The molecule has 8 N–H and O–H groups in total. The molecule has 0 aromatic heterocycles. The van der Waals surface area contributed by atoms with E-state index in [0.717, 1.165) is 35.3 Å². The molecule has 45 heavy (non-hydrogen) atoms. The normalized spacial score (nSPS) is 29.4.